The molecule has 12 atom stereocenters. The lowest BCUT2D eigenvalue weighted by Crippen LogP contribution is -2.45. The number of ether oxygens (including phenoxy) is 2. The Balaban J connectivity index is 0.000000113. The van der Waals surface area contributed by atoms with Gasteiger partial charge in [-0.25, -0.2) is 63.6 Å². The van der Waals surface area contributed by atoms with Gasteiger partial charge in [0, 0.05) is 257 Å². The van der Waals surface area contributed by atoms with Crippen molar-refractivity contribution in [2.24, 2.45) is 0 Å². The maximum absolute atomic E-state index is 14.7. The number of pyridine rings is 5. The number of nitrogens with zero attached hydrogens (tertiary/aromatic N) is 30. The normalized spacial score (nSPS) is 26.3. The predicted octanol–water partition coefficient (Wildman–Crippen LogP) is 13.6. The first-order valence-corrected chi connectivity index (χ1v) is 55.9. The van der Waals surface area contributed by atoms with Gasteiger partial charge in [0.1, 0.15) is 64.0 Å². The monoisotopic (exact) mass is 2050 g/mol. The van der Waals surface area contributed by atoms with Crippen molar-refractivity contribution >= 4 is 34.9 Å². The molecule has 1 unspecified atom stereocenters. The Morgan fingerprint density at radius 2 is 0.647 bits per heavy atom. The van der Waals surface area contributed by atoms with Crippen molar-refractivity contribution < 1.29 is 23.4 Å². The van der Waals surface area contributed by atoms with E-state index in [-0.39, 0.29) is 61.5 Å². The third kappa shape index (κ3) is 25.5. The number of fused-ring (bicyclic) bond motifs is 4. The van der Waals surface area contributed by atoms with E-state index in [2.05, 4.69) is 197 Å². The second-order valence-corrected chi connectivity index (χ2v) is 44.5. The Bertz CT molecular complexity index is 5950. The smallest absolute Gasteiger partial charge is 0.262 e. The zero-order valence-electron chi connectivity index (χ0n) is 90.8. The Hall–Kier alpha value is -10.7. The number of piperidine rings is 1. The topological polar surface area (TPSA) is 281 Å². The molecular formula is C115H160F2N30O3. The van der Waals surface area contributed by atoms with Crippen LogP contribution in [0.15, 0.2) is 128 Å². The predicted molar refractivity (Wildman–Crippen MR) is 584 cm³/mol. The minimum absolute atomic E-state index is 0.0920. The second kappa shape index (κ2) is 48.8. The van der Waals surface area contributed by atoms with E-state index in [0.29, 0.717) is 36.2 Å². The van der Waals surface area contributed by atoms with E-state index in [4.69, 9.17) is 64.3 Å². The summed E-state index contributed by atoms with van der Waals surface area (Å²) in [6.07, 6.45) is 29.8. The summed E-state index contributed by atoms with van der Waals surface area (Å²) in [5.74, 6) is 7.50. The van der Waals surface area contributed by atoms with Gasteiger partial charge < -0.3 is 68.5 Å². The number of β-amino-alcohol motifs (C(OH)–C–C–N with tert-alkyl or cyclic N) is 1. The van der Waals surface area contributed by atoms with E-state index in [1.165, 1.54) is 71.4 Å². The Kier molecular flexibility index (Phi) is 34.6. The molecule has 1 N–H and O–H groups in total. The van der Waals surface area contributed by atoms with Crippen LogP contribution < -0.4 is 29.4 Å². The van der Waals surface area contributed by atoms with Gasteiger partial charge in [-0.2, -0.15) is 0 Å². The number of anilines is 6. The van der Waals surface area contributed by atoms with E-state index in [1.54, 1.807) is 6.20 Å². The summed E-state index contributed by atoms with van der Waals surface area (Å²) >= 11 is 0. The summed E-state index contributed by atoms with van der Waals surface area (Å²) in [5.41, 5.74) is 15.1. The standard InChI is InChI=1S/2C24H34N6O.C23H30F2N6.C23H32N6O.C21H30N6/c2*1-17-26-20(15-23(27-17)29-12-10-28(2)11-13-29)22-14-19(31-3)16-30(22)21-8-4-6-18-7-5-9-25-24(18)21;1-16-27-18(13-21(28-16)30-11-9-29(2)10-12-30)20-14-23(24,25)15-31(20)19-7-3-5-17-6-4-8-26-22(17)19;1-16-25-19(14-22(26-16)28-11-9-27(2)10-12-28)21-13-18(30)15-29(21)20-7-3-5-17-6-4-8-24-23(17)20;1-17-23-18(16-21(24-17)26-13-11-25(2)12-14-26)15-19-7-4-6-10-27(19)20-8-3-5-9-22-20/h2*5,7,9,15,19,21-22H,4,6,8,10-14,16H2,1-3H3;4,6,8,13,19-20H,3,5,7,9-12,14-15H2,1-2H3;4,6,8,14,18,20-21,30H,3,5,7,9-13,15H2,1-2H3;3,5,8-9,16,19H,4,6-7,10-15H2,1-2H3/t19-,21+,22-;19-,21-,22-;19-,20+;18-,20+,21+;/m1101./s1. The van der Waals surface area contributed by atoms with Crippen molar-refractivity contribution in [1.29, 1.82) is 0 Å². The van der Waals surface area contributed by atoms with Crippen LogP contribution in [-0.4, -0.2) is 367 Å². The summed E-state index contributed by atoms with van der Waals surface area (Å²) in [5, 5.41) is 10.6. The molecule has 24 rings (SSSR count). The molecule has 150 heavy (non-hydrogen) atoms. The van der Waals surface area contributed by atoms with Crippen LogP contribution >= 0.6 is 0 Å². The minimum atomic E-state index is -2.73. The maximum Gasteiger partial charge on any atom is 0.262 e. The molecule has 10 aliphatic heterocycles. The van der Waals surface area contributed by atoms with Crippen molar-refractivity contribution in [3.8, 4) is 0 Å². The number of aromatic nitrogens is 15. The Morgan fingerprint density at radius 1 is 0.320 bits per heavy atom. The molecule has 0 radical (unpaired) electrons. The lowest BCUT2D eigenvalue weighted by atomic mass is 9.90. The Labute approximate surface area is 886 Å². The molecule has 0 amide bonds. The number of aryl methyl sites for hydroxylation is 9. The average Bonchev–Trinajstić information content (AvgIpc) is 1.61. The molecule has 4 aliphatic carbocycles. The number of alkyl halides is 2. The number of methoxy groups -OCH3 is 2. The van der Waals surface area contributed by atoms with E-state index < -0.39 is 12.0 Å². The fourth-order valence-corrected chi connectivity index (χ4v) is 25.8. The fourth-order valence-electron chi connectivity index (χ4n) is 25.8. The third-order valence-electron chi connectivity index (χ3n) is 33.9. The van der Waals surface area contributed by atoms with Gasteiger partial charge in [0.15, 0.2) is 0 Å². The molecule has 0 bridgehead atoms. The molecule has 33 nitrogen and oxygen atoms in total. The van der Waals surface area contributed by atoms with Gasteiger partial charge in [-0.3, -0.25) is 39.5 Å². The molecule has 10 aromatic rings. The zero-order valence-corrected chi connectivity index (χ0v) is 90.8. The number of likely N-dealkylation sites (N-methyl/N-ethyl adjacent to an activating group) is 5. The molecule has 10 saturated heterocycles. The van der Waals surface area contributed by atoms with Gasteiger partial charge in [-0.05, 0) is 244 Å². The van der Waals surface area contributed by atoms with Crippen LogP contribution in [0.3, 0.4) is 0 Å². The average molecular weight is 2050 g/mol. The number of hydrogen-bond acceptors (Lipinski definition) is 33. The summed E-state index contributed by atoms with van der Waals surface area (Å²) in [6, 6.07) is 35.3. The first-order chi connectivity index (χ1) is 72.9. The molecule has 14 aliphatic rings. The lowest BCUT2D eigenvalue weighted by Gasteiger charge is -2.37. The first kappa shape index (κ1) is 106. The van der Waals surface area contributed by atoms with Crippen LogP contribution in [0.25, 0.3) is 0 Å². The first-order valence-electron chi connectivity index (χ1n) is 55.9. The largest absolute Gasteiger partial charge is 0.392 e. The minimum Gasteiger partial charge on any atom is -0.392 e. The van der Waals surface area contributed by atoms with Crippen LogP contribution in [0.1, 0.15) is 247 Å². The number of likely N-dealkylation sites (tertiary alicyclic amines) is 4. The fraction of sp³-hybridized carbons (Fsp3) is 0.609. The summed E-state index contributed by atoms with van der Waals surface area (Å²) < 4.78 is 41.2. The van der Waals surface area contributed by atoms with Gasteiger partial charge in [-0.15, -0.1) is 0 Å². The van der Waals surface area contributed by atoms with Crippen molar-refractivity contribution in [1.82, 2.24) is 119 Å². The van der Waals surface area contributed by atoms with Crippen LogP contribution in [0, 0.1) is 34.6 Å². The SMILES string of the molecule is CO[C@@H]1C[C@H](c2cc(N3CCN(C)CC3)nc(C)n2)N([C@@H]2CCCc3cccnc32)C1.CO[C@@H]1C[C@H](c2cc(N3CCN(C)CC3)nc(C)n2)N([C@H]2CCCc3cccnc32)C1.Cc1nc(CC2CCCCN2c2ccccn2)cc(N2CCN(C)CC2)n1.Cc1nc([C@@H]2C[C@@H](O)CN2[C@H]2CCCc3cccnc32)cc(N2CCN(C)CC2)n1.Cc1nc([C@H]2CC(F)(F)CN2[C@H]2CCCc3cccnc32)cc(N2CCN(C)CC2)n1. The van der Waals surface area contributed by atoms with Crippen molar-refractivity contribution in [3.05, 3.63) is 231 Å². The molecule has 10 fully saturated rings. The number of aliphatic hydroxyl groups excluding tert-OH is 1. The molecule has 0 spiro atoms. The van der Waals surface area contributed by atoms with Gasteiger partial charge in [0.05, 0.1) is 119 Å². The molecular weight excluding hydrogens is 1890 g/mol. The van der Waals surface area contributed by atoms with Crippen molar-refractivity contribution in [2.75, 3.05) is 242 Å². The van der Waals surface area contributed by atoms with E-state index in [9.17, 15) is 13.9 Å². The molecule has 35 heteroatoms. The number of hydrogen-bond donors (Lipinski definition) is 1. The van der Waals surface area contributed by atoms with Crippen LogP contribution in [0.5, 0.6) is 0 Å². The van der Waals surface area contributed by atoms with Crippen molar-refractivity contribution in [2.45, 2.75) is 242 Å². The van der Waals surface area contributed by atoms with Crippen LogP contribution in [0.4, 0.5) is 43.7 Å². The Morgan fingerprint density at radius 3 is 1.00 bits per heavy atom. The summed E-state index contributed by atoms with van der Waals surface area (Å²) in [7, 11) is 14.5. The van der Waals surface area contributed by atoms with E-state index >= 15 is 0 Å². The van der Waals surface area contributed by atoms with E-state index in [1.807, 2.05) is 103 Å². The molecule has 0 saturated carbocycles. The van der Waals surface area contributed by atoms with E-state index in [0.717, 1.165) is 327 Å². The highest BCUT2D eigenvalue weighted by molar-refractivity contribution is 5.49. The van der Waals surface area contributed by atoms with Gasteiger partial charge >= 0.3 is 0 Å². The highest BCUT2D eigenvalue weighted by Gasteiger charge is 2.51. The summed E-state index contributed by atoms with van der Waals surface area (Å²) in [6.45, 7) is 33.7. The van der Waals surface area contributed by atoms with Crippen molar-refractivity contribution in [3.63, 3.8) is 0 Å². The zero-order chi connectivity index (χ0) is 104. The maximum atomic E-state index is 14.7. The highest BCUT2D eigenvalue weighted by atomic mass is 19.3. The van der Waals surface area contributed by atoms with Gasteiger partial charge in [0.2, 0.25) is 0 Å². The van der Waals surface area contributed by atoms with Crippen LogP contribution in [0.2, 0.25) is 0 Å². The highest BCUT2D eigenvalue weighted by Crippen LogP contribution is 2.51. The lowest BCUT2D eigenvalue weighted by molar-refractivity contribution is 0.00624. The molecule has 10 aromatic heterocycles. The number of rotatable bonds is 18. The van der Waals surface area contributed by atoms with Gasteiger partial charge in [-0.1, -0.05) is 30.3 Å². The molecule has 0 aromatic carbocycles. The number of piperazine rings is 5. The number of aliphatic hydroxyl groups is 1. The quantitative estimate of drug-likeness (QED) is 0.0835. The molecule has 20 heterocycles. The van der Waals surface area contributed by atoms with Crippen LogP contribution in [-0.2, 0) is 41.6 Å². The number of halogens is 2. The van der Waals surface area contributed by atoms with Gasteiger partial charge in [0.25, 0.3) is 5.92 Å². The third-order valence-corrected chi connectivity index (χ3v) is 33.9. The second-order valence-electron chi connectivity index (χ2n) is 44.5. The molecule has 802 valence electrons. The summed E-state index contributed by atoms with van der Waals surface area (Å²) in [4.78, 5) is 107.